The Bertz CT molecular complexity index is 602. The van der Waals surface area contributed by atoms with Crippen LogP contribution in [0, 0.1) is 0 Å². The highest BCUT2D eigenvalue weighted by molar-refractivity contribution is 8.28. The molecule has 0 fully saturated rings. The van der Waals surface area contributed by atoms with Gasteiger partial charge in [-0.1, -0.05) is 0 Å². The van der Waals surface area contributed by atoms with Crippen LogP contribution in [0.3, 0.4) is 0 Å². The van der Waals surface area contributed by atoms with Crippen molar-refractivity contribution in [2.24, 2.45) is 0 Å². The summed E-state index contributed by atoms with van der Waals surface area (Å²) in [5, 5.41) is 0. The molecule has 0 aromatic carbocycles. The minimum atomic E-state index is -1.17. The molecule has 0 aliphatic carbocycles. The van der Waals surface area contributed by atoms with Gasteiger partial charge in [-0.05, 0) is 0 Å². The third-order valence-electron chi connectivity index (χ3n) is 8.22. The minimum Gasteiger partial charge on any atom is 0 e. The van der Waals surface area contributed by atoms with Gasteiger partial charge in [0.25, 0.3) is 0 Å². The first-order valence-electron chi connectivity index (χ1n) is 13.7. The third-order valence-corrected chi connectivity index (χ3v) is 8.22. The molecule has 44 radical (unpaired) electrons. The van der Waals surface area contributed by atoms with E-state index in [2.05, 4.69) is 0 Å². The van der Waals surface area contributed by atoms with Crippen LogP contribution >= 0.6 is 0 Å². The van der Waals surface area contributed by atoms with Crippen molar-refractivity contribution in [3.05, 3.63) is 0 Å². The highest BCUT2D eigenvalue weighted by Crippen LogP contribution is 2.14. The lowest BCUT2D eigenvalue weighted by Crippen LogP contribution is -2.88. The Balaban J connectivity index is 8.02. The topological polar surface area (TPSA) is 0 Å². The molecule has 0 nitrogen and oxygen atoms in total. The molecule has 0 spiro atoms. The van der Waals surface area contributed by atoms with Gasteiger partial charge in [-0.2, -0.15) is 0 Å². The van der Waals surface area contributed by atoms with Crippen molar-refractivity contribution in [3.63, 3.8) is 0 Å². The molecular weight excluding hydrogens is 454 g/mol. The van der Waals surface area contributed by atoms with Crippen molar-refractivity contribution >= 4 is 298 Å². The molecule has 0 atom stereocenters. The predicted molar refractivity (Wildman–Crippen MR) is 242 cm³/mol. The lowest BCUT2D eigenvalue weighted by Gasteiger charge is -2.50. The number of hydrogen-bond acceptors (Lipinski definition) is 0. The van der Waals surface area contributed by atoms with Gasteiger partial charge in [0.15, 0.2) is 0 Å². The van der Waals surface area contributed by atoms with Crippen LogP contribution in [0.2, 0.25) is 0 Å². The summed E-state index contributed by atoms with van der Waals surface area (Å²) in [6.07, 6.45) is -19.9. The fourth-order valence-electron chi connectivity index (χ4n) is 6.42. The molecule has 0 N–H and O–H groups in total. The number of rotatable bonds is 20. The van der Waals surface area contributed by atoms with Gasteiger partial charge in [0, 0.05) is 298 Å². The Hall–Kier alpha value is 2.73. The second-order valence-corrected chi connectivity index (χ2v) is 11.4. The Morgan fingerprint density at radius 1 is 0.238 bits per heavy atom. The highest BCUT2D eigenvalue weighted by Gasteiger charge is 2.53. The second kappa shape index (κ2) is 21.0. The molecule has 126 valence electrons. The summed E-state index contributed by atoms with van der Waals surface area (Å²) >= 11 is 0. The van der Waals surface area contributed by atoms with Crippen LogP contribution < -0.4 is 0 Å². The van der Waals surface area contributed by atoms with E-state index in [-0.39, 0.29) is 0 Å². The molecule has 42 heavy (non-hydrogen) atoms. The van der Waals surface area contributed by atoms with Crippen molar-refractivity contribution in [3.8, 4) is 0 Å². The summed E-state index contributed by atoms with van der Waals surface area (Å²) in [5.74, 6) is 0. The summed E-state index contributed by atoms with van der Waals surface area (Å²) in [6, 6.07) is 0. The van der Waals surface area contributed by atoms with Gasteiger partial charge in [0.2, 0.25) is 0 Å². The predicted octanol–water partition coefficient (Wildman–Crippen LogP) is -16.0. The van der Waals surface area contributed by atoms with Gasteiger partial charge in [0.05, 0.1) is 0 Å². The summed E-state index contributed by atoms with van der Waals surface area (Å²) in [6.45, 7) is 0. The van der Waals surface area contributed by atoms with Crippen LogP contribution in [-0.4, -0.2) is 298 Å². The maximum Gasteiger partial charge on any atom is 0 e. The van der Waals surface area contributed by atoms with Gasteiger partial charge in [-0.3, -0.25) is 0 Å². The van der Waals surface area contributed by atoms with Gasteiger partial charge in [0.1, 0.15) is 0 Å². The molecule has 42 heteroatoms. The molecule has 0 bridgehead atoms. The van der Waals surface area contributed by atoms with E-state index < -0.39 is 121 Å². The van der Waals surface area contributed by atoms with E-state index in [1.165, 1.54) is 7.06 Å². The van der Waals surface area contributed by atoms with E-state index >= 15 is 0 Å². The van der Waals surface area contributed by atoms with Crippen molar-refractivity contribution in [2.45, 2.75) is 0 Å². The fourth-order valence-corrected chi connectivity index (χ4v) is 6.42. The highest BCUT2D eigenvalue weighted by atomic mass is 13.3. The van der Waals surface area contributed by atoms with Crippen molar-refractivity contribution in [2.75, 3.05) is 0 Å². The molecule has 0 saturated heterocycles. The summed E-state index contributed by atoms with van der Waals surface area (Å²) < 4.78 is 0. The van der Waals surface area contributed by atoms with Gasteiger partial charge < -0.3 is 0 Å². The average molecular weight is 454 g/mol. The zero-order chi connectivity index (χ0) is 33.4. The monoisotopic (exact) mass is 462 g/mol. The van der Waals surface area contributed by atoms with Crippen LogP contribution in [0.5, 0.6) is 0 Å². The van der Waals surface area contributed by atoms with Crippen molar-refractivity contribution < 1.29 is 0 Å². The van der Waals surface area contributed by atoms with Gasteiger partial charge in [-0.25, -0.2) is 0 Å². The Labute approximate surface area is 295 Å². The Kier molecular flexibility index (Phi) is 22.3. The van der Waals surface area contributed by atoms with Crippen LogP contribution in [-0.2, 0) is 0 Å². The van der Waals surface area contributed by atoms with Crippen molar-refractivity contribution in [1.29, 1.82) is 0 Å². The first-order chi connectivity index (χ1) is 19.1. The van der Waals surface area contributed by atoms with Crippen LogP contribution in [0.15, 0.2) is 0 Å². The normalized spacial score (nSPS) is 9.52. The smallest absolute Gasteiger partial charge is 0 e. The second-order valence-electron chi connectivity index (χ2n) is 11.4. The van der Waals surface area contributed by atoms with E-state index in [9.17, 15) is 0 Å². The molecule has 0 unspecified atom stereocenters. The first-order valence-corrected chi connectivity index (χ1v) is 13.7. The molecular formula is B42. The lowest BCUT2D eigenvalue weighted by atomic mass is 8.31. The summed E-state index contributed by atoms with van der Waals surface area (Å²) in [7, 11) is 133. The fraction of sp³-hybridized carbons (Fsp3) is 0. The molecule has 0 rings (SSSR count). The minimum absolute atomic E-state index is 0.866. The van der Waals surface area contributed by atoms with Crippen molar-refractivity contribution in [1.82, 2.24) is 0 Å². The SMILES string of the molecule is [B][B]B(B([B])[B])B(B([B])[B])B([B]B(B(B([B])[B])B([B])[B])B(B([B])[B])B([B])[B])B(B(B([B])[B])B([B])[B])B(B([B])[B])B([B])[B]. The van der Waals surface area contributed by atoms with E-state index in [1.54, 1.807) is 7.06 Å². The molecule has 0 aliphatic rings. The first kappa shape index (κ1) is 44.7. The van der Waals surface area contributed by atoms with Crippen LogP contribution in [0.25, 0.3) is 0 Å². The summed E-state index contributed by atoms with van der Waals surface area (Å²) in [5.41, 5.74) is 0. The van der Waals surface area contributed by atoms with E-state index in [0.29, 0.717) is 0 Å². The Morgan fingerprint density at radius 3 is 0.667 bits per heavy atom. The lowest BCUT2D eigenvalue weighted by molar-refractivity contribution is 3.25. The molecule has 0 amide bonds. The molecule has 0 aromatic heterocycles. The van der Waals surface area contributed by atoms with E-state index in [4.69, 9.17) is 162 Å². The van der Waals surface area contributed by atoms with Gasteiger partial charge >= 0.3 is 0 Å². The van der Waals surface area contributed by atoms with E-state index in [0.717, 1.165) is 0 Å². The standard InChI is InChI=1S/B42/c1-22-34(24(2)3)41(33(20)21)36(42(39(29(12)13)30(14)15)40(31(16)17)32(18)19)23-35(37(25(4)5)26(6)7)38(27(8)9)28(10)11. The molecule has 0 aliphatic heterocycles. The number of hydrogen-bond donors (Lipinski definition) is 0. The molecule has 0 saturated carbocycles. The van der Waals surface area contributed by atoms with E-state index in [1.807, 2.05) is 0 Å². The zero-order valence-electron chi connectivity index (χ0n) is 24.2. The maximum absolute atomic E-state index is 6.39. The van der Waals surface area contributed by atoms with Crippen LogP contribution in [0.1, 0.15) is 0 Å². The largest absolute Gasteiger partial charge is 0 e. The quantitative estimate of drug-likeness (QED) is 0.161. The zero-order valence-corrected chi connectivity index (χ0v) is 24.2. The third kappa shape index (κ3) is 12.6. The Morgan fingerprint density at radius 2 is 0.476 bits per heavy atom. The summed E-state index contributed by atoms with van der Waals surface area (Å²) in [4.78, 5) is 0. The molecule has 0 heterocycles. The van der Waals surface area contributed by atoms with Gasteiger partial charge in [-0.15, -0.1) is 0 Å². The average Bonchev–Trinajstić information content (AvgIpc) is 2.78. The van der Waals surface area contributed by atoms with Crippen LogP contribution in [0.4, 0.5) is 0 Å². The molecule has 0 aromatic rings. The maximum atomic E-state index is 6.39.